The molecule has 0 saturated heterocycles. The quantitative estimate of drug-likeness (QED) is 0.194. The number of ether oxygens (including phenoxy) is 4. The fraction of sp³-hybridized carbons (Fsp3) is 0.920. The van der Waals surface area contributed by atoms with Crippen molar-refractivity contribution in [1.29, 1.82) is 0 Å². The van der Waals surface area contributed by atoms with Crippen LogP contribution in [0.25, 0.3) is 0 Å². The topological polar surface area (TPSA) is 71.1 Å². The van der Waals surface area contributed by atoms with E-state index in [0.717, 1.165) is 44.4 Å². The van der Waals surface area contributed by atoms with Crippen molar-refractivity contribution in [1.82, 2.24) is 0 Å². The maximum atomic E-state index is 11.9. The molecule has 0 aromatic heterocycles. The van der Waals surface area contributed by atoms with Gasteiger partial charge in [0.05, 0.1) is 13.2 Å². The first-order chi connectivity index (χ1) is 14.9. The largest absolute Gasteiger partial charge is 0.508 e. The van der Waals surface area contributed by atoms with Crippen LogP contribution in [-0.2, 0) is 18.9 Å². The molecule has 0 aromatic carbocycles. The van der Waals surface area contributed by atoms with Crippen molar-refractivity contribution in [3.63, 3.8) is 0 Å². The van der Waals surface area contributed by atoms with E-state index in [2.05, 4.69) is 27.7 Å². The molecule has 1 saturated carbocycles. The predicted molar refractivity (Wildman–Crippen MR) is 122 cm³/mol. The summed E-state index contributed by atoms with van der Waals surface area (Å²) >= 11 is 0. The van der Waals surface area contributed by atoms with E-state index in [-0.39, 0.29) is 12.2 Å². The molecule has 31 heavy (non-hydrogen) atoms. The van der Waals surface area contributed by atoms with E-state index in [0.29, 0.717) is 25.6 Å². The maximum absolute atomic E-state index is 11.9. The Labute approximate surface area is 189 Å². The number of rotatable bonds is 15. The highest BCUT2D eigenvalue weighted by atomic mass is 16.7. The lowest BCUT2D eigenvalue weighted by Crippen LogP contribution is -2.32. The molecule has 0 N–H and O–H groups in total. The van der Waals surface area contributed by atoms with E-state index in [9.17, 15) is 9.59 Å². The molecule has 6 nitrogen and oxygen atoms in total. The van der Waals surface area contributed by atoms with E-state index >= 15 is 0 Å². The summed E-state index contributed by atoms with van der Waals surface area (Å²) in [5.74, 6) is 1.28. The molecular weight excluding hydrogens is 396 g/mol. The zero-order chi connectivity index (χ0) is 22.9. The summed E-state index contributed by atoms with van der Waals surface area (Å²) in [6.45, 7) is 9.47. The lowest BCUT2D eigenvalue weighted by atomic mass is 9.95. The summed E-state index contributed by atoms with van der Waals surface area (Å²) in [6, 6.07) is 0. The van der Waals surface area contributed by atoms with Crippen LogP contribution in [0.1, 0.15) is 111 Å². The first-order valence-electron chi connectivity index (χ1n) is 12.5. The van der Waals surface area contributed by atoms with Gasteiger partial charge in [0, 0.05) is 6.42 Å². The van der Waals surface area contributed by atoms with E-state index in [4.69, 9.17) is 18.9 Å². The second-order valence-electron chi connectivity index (χ2n) is 9.68. The summed E-state index contributed by atoms with van der Waals surface area (Å²) < 4.78 is 21.1. The lowest BCUT2D eigenvalue weighted by molar-refractivity contribution is -0.0353. The summed E-state index contributed by atoms with van der Waals surface area (Å²) in [5, 5.41) is 0. The van der Waals surface area contributed by atoms with Crippen LogP contribution in [0.4, 0.5) is 9.59 Å². The van der Waals surface area contributed by atoms with Gasteiger partial charge in [0.25, 0.3) is 0 Å². The molecule has 1 fully saturated rings. The van der Waals surface area contributed by atoms with Crippen LogP contribution in [0.2, 0.25) is 0 Å². The SMILES string of the molecule is CC(C)CCCCCCCCCOC(=O)OC1CCCC(OC(=O)OCCC(C)C)C1. The maximum Gasteiger partial charge on any atom is 0.508 e. The highest BCUT2D eigenvalue weighted by molar-refractivity contribution is 5.60. The zero-order valence-corrected chi connectivity index (χ0v) is 20.4. The van der Waals surface area contributed by atoms with E-state index in [1.807, 2.05) is 0 Å². The predicted octanol–water partition coefficient (Wildman–Crippen LogP) is 7.43. The summed E-state index contributed by atoms with van der Waals surface area (Å²) in [7, 11) is 0. The molecule has 2 atom stereocenters. The molecular formula is C25H46O6. The molecule has 2 unspecified atom stereocenters. The molecule has 182 valence electrons. The highest BCUT2D eigenvalue weighted by Crippen LogP contribution is 2.24. The minimum Gasteiger partial charge on any atom is -0.434 e. The molecule has 0 aromatic rings. The van der Waals surface area contributed by atoms with Crippen LogP contribution in [-0.4, -0.2) is 37.7 Å². The third kappa shape index (κ3) is 15.9. The number of carbonyl (C=O) groups excluding carboxylic acids is 2. The summed E-state index contributed by atoms with van der Waals surface area (Å²) in [4.78, 5) is 23.7. The third-order valence-electron chi connectivity index (χ3n) is 5.66. The fourth-order valence-electron chi connectivity index (χ4n) is 3.73. The Hall–Kier alpha value is -1.46. The van der Waals surface area contributed by atoms with Gasteiger partial charge in [-0.15, -0.1) is 0 Å². The fourth-order valence-corrected chi connectivity index (χ4v) is 3.73. The Bertz CT molecular complexity index is 477. The molecule has 1 aliphatic carbocycles. The second-order valence-corrected chi connectivity index (χ2v) is 9.68. The van der Waals surface area contributed by atoms with Crippen molar-refractivity contribution in [2.45, 2.75) is 123 Å². The zero-order valence-electron chi connectivity index (χ0n) is 20.4. The Kier molecular flexibility index (Phi) is 15.2. The molecule has 0 spiro atoms. The number of hydrogen-bond acceptors (Lipinski definition) is 6. The van der Waals surface area contributed by atoms with Gasteiger partial charge in [-0.25, -0.2) is 9.59 Å². The minimum atomic E-state index is -0.631. The van der Waals surface area contributed by atoms with Crippen molar-refractivity contribution in [3.05, 3.63) is 0 Å². The van der Waals surface area contributed by atoms with E-state index in [1.54, 1.807) is 0 Å². The van der Waals surface area contributed by atoms with Gasteiger partial charge in [-0.05, 0) is 43.9 Å². The number of carbonyl (C=O) groups is 2. The van der Waals surface area contributed by atoms with Gasteiger partial charge in [0.15, 0.2) is 0 Å². The van der Waals surface area contributed by atoms with Gasteiger partial charge in [-0.3, -0.25) is 0 Å². The van der Waals surface area contributed by atoms with E-state index in [1.165, 1.54) is 38.5 Å². The molecule has 6 heteroatoms. The molecule has 0 radical (unpaired) electrons. The smallest absolute Gasteiger partial charge is 0.434 e. The van der Waals surface area contributed by atoms with Gasteiger partial charge < -0.3 is 18.9 Å². The van der Waals surface area contributed by atoms with E-state index < -0.39 is 12.3 Å². The van der Waals surface area contributed by atoms with Crippen molar-refractivity contribution < 1.29 is 28.5 Å². The lowest BCUT2D eigenvalue weighted by Gasteiger charge is -2.28. The van der Waals surface area contributed by atoms with Crippen LogP contribution in [0.3, 0.4) is 0 Å². The summed E-state index contributed by atoms with van der Waals surface area (Å²) in [5.41, 5.74) is 0. The van der Waals surface area contributed by atoms with Crippen LogP contribution < -0.4 is 0 Å². The van der Waals surface area contributed by atoms with Gasteiger partial charge in [0.2, 0.25) is 0 Å². The van der Waals surface area contributed by atoms with Crippen LogP contribution in [0.15, 0.2) is 0 Å². The van der Waals surface area contributed by atoms with Crippen LogP contribution in [0, 0.1) is 11.8 Å². The average molecular weight is 443 g/mol. The van der Waals surface area contributed by atoms with Crippen molar-refractivity contribution in [2.24, 2.45) is 11.8 Å². The third-order valence-corrected chi connectivity index (χ3v) is 5.66. The Morgan fingerprint density at radius 2 is 1.16 bits per heavy atom. The standard InChI is InChI=1S/C25H46O6/c1-20(2)13-10-8-6-5-7-9-11-17-28-24(26)30-22-14-12-15-23(19-22)31-25(27)29-18-16-21(3)4/h20-23H,5-19H2,1-4H3. The number of unbranched alkanes of at least 4 members (excludes halogenated alkanes) is 6. The van der Waals surface area contributed by atoms with Gasteiger partial charge in [-0.1, -0.05) is 72.6 Å². The normalized spacial score (nSPS) is 18.8. The molecule has 0 aliphatic heterocycles. The first kappa shape index (κ1) is 27.6. The van der Waals surface area contributed by atoms with Gasteiger partial charge >= 0.3 is 12.3 Å². The minimum absolute atomic E-state index is 0.263. The first-order valence-corrected chi connectivity index (χ1v) is 12.5. The Morgan fingerprint density at radius 1 is 0.677 bits per heavy atom. The van der Waals surface area contributed by atoms with Crippen molar-refractivity contribution in [2.75, 3.05) is 13.2 Å². The molecule has 1 aliphatic rings. The van der Waals surface area contributed by atoms with Gasteiger partial charge in [0.1, 0.15) is 12.2 Å². The van der Waals surface area contributed by atoms with Crippen LogP contribution >= 0.6 is 0 Å². The van der Waals surface area contributed by atoms with Crippen molar-refractivity contribution in [3.8, 4) is 0 Å². The summed E-state index contributed by atoms with van der Waals surface area (Å²) in [6.07, 6.45) is 11.6. The van der Waals surface area contributed by atoms with Gasteiger partial charge in [-0.2, -0.15) is 0 Å². The second kappa shape index (κ2) is 17.1. The molecule has 0 heterocycles. The Morgan fingerprint density at radius 3 is 1.71 bits per heavy atom. The highest BCUT2D eigenvalue weighted by Gasteiger charge is 2.28. The Balaban J connectivity index is 2.04. The van der Waals surface area contributed by atoms with Crippen LogP contribution in [0.5, 0.6) is 0 Å². The molecule has 0 bridgehead atoms. The van der Waals surface area contributed by atoms with Crippen molar-refractivity contribution >= 4 is 12.3 Å². The monoisotopic (exact) mass is 442 g/mol. The number of hydrogen-bond donors (Lipinski definition) is 0. The molecule has 1 rings (SSSR count). The molecule has 0 amide bonds. The average Bonchev–Trinajstić information content (AvgIpc) is 2.69.